The van der Waals surface area contributed by atoms with Crippen LogP contribution in [-0.2, 0) is 10.0 Å². The number of hydrogen-bond acceptors (Lipinski definition) is 3. The van der Waals surface area contributed by atoms with Gasteiger partial charge in [0.05, 0.1) is 0 Å². The van der Waals surface area contributed by atoms with Crippen molar-refractivity contribution in [3.8, 4) is 0 Å². The quantitative estimate of drug-likeness (QED) is 0.910. The molecule has 0 fully saturated rings. The molecule has 0 bridgehead atoms. The zero-order chi connectivity index (χ0) is 11.6. The van der Waals surface area contributed by atoms with E-state index in [4.69, 9.17) is 0 Å². The van der Waals surface area contributed by atoms with Gasteiger partial charge in [-0.2, -0.15) is 0 Å². The van der Waals surface area contributed by atoms with Crippen LogP contribution in [0.3, 0.4) is 0 Å². The van der Waals surface area contributed by atoms with Gasteiger partial charge in [-0.1, -0.05) is 0 Å². The average molecular weight is 302 g/mol. The Kier molecular flexibility index (Phi) is 2.97. The van der Waals surface area contributed by atoms with Crippen molar-refractivity contribution >= 4 is 31.8 Å². The number of aromatic nitrogens is 2. The Morgan fingerprint density at radius 2 is 2.12 bits per heavy atom. The number of pyridine rings is 1. The number of halogens is 1. The molecule has 0 atom stereocenters. The number of rotatable bonds is 3. The van der Waals surface area contributed by atoms with E-state index in [1.165, 1.54) is 18.5 Å². The lowest BCUT2D eigenvalue weighted by atomic mass is 10.5. The van der Waals surface area contributed by atoms with Gasteiger partial charge in [-0.3, -0.25) is 4.72 Å². The van der Waals surface area contributed by atoms with Crippen LogP contribution in [-0.4, -0.2) is 18.4 Å². The molecule has 0 aliphatic carbocycles. The molecule has 0 amide bonds. The summed E-state index contributed by atoms with van der Waals surface area (Å²) >= 11 is 3.22. The Bertz CT molecular complexity index is 563. The number of hydrogen-bond donors (Lipinski definition) is 2. The van der Waals surface area contributed by atoms with Gasteiger partial charge in [-0.05, 0) is 34.1 Å². The van der Waals surface area contributed by atoms with Gasteiger partial charge in [0.15, 0.2) is 0 Å². The number of anilines is 1. The molecule has 0 aromatic carbocycles. The number of aromatic amines is 1. The second-order valence-corrected chi connectivity index (χ2v) is 5.61. The van der Waals surface area contributed by atoms with Gasteiger partial charge in [-0.25, -0.2) is 13.4 Å². The van der Waals surface area contributed by atoms with Crippen LogP contribution < -0.4 is 4.72 Å². The van der Waals surface area contributed by atoms with Gasteiger partial charge in [0.2, 0.25) is 0 Å². The van der Waals surface area contributed by atoms with Gasteiger partial charge in [0.25, 0.3) is 10.0 Å². The second-order valence-electron chi connectivity index (χ2n) is 3.01. The SMILES string of the molecule is O=S(=O)(Nc1ccc(Br)cn1)c1cc[nH]c1. The molecule has 2 aromatic rings. The standard InChI is InChI=1S/C9H8BrN3O2S/c10-7-1-2-9(12-5-7)13-16(14,15)8-3-4-11-6-8/h1-6,11H,(H,12,13). The summed E-state index contributed by atoms with van der Waals surface area (Å²) in [5.74, 6) is 0.282. The van der Waals surface area contributed by atoms with E-state index in [-0.39, 0.29) is 10.7 Å². The fourth-order valence-electron chi connectivity index (χ4n) is 1.11. The first-order valence-electron chi connectivity index (χ1n) is 4.35. The van der Waals surface area contributed by atoms with Crippen LogP contribution in [0, 0.1) is 0 Å². The summed E-state index contributed by atoms with van der Waals surface area (Å²) in [6.07, 6.45) is 4.47. The van der Waals surface area contributed by atoms with E-state index in [9.17, 15) is 8.42 Å². The molecule has 0 aliphatic rings. The van der Waals surface area contributed by atoms with Gasteiger partial charge in [-0.15, -0.1) is 0 Å². The van der Waals surface area contributed by atoms with E-state index < -0.39 is 10.0 Å². The smallest absolute Gasteiger partial charge is 0.264 e. The van der Waals surface area contributed by atoms with Crippen molar-refractivity contribution in [3.63, 3.8) is 0 Å². The average Bonchev–Trinajstić information content (AvgIpc) is 2.75. The summed E-state index contributed by atoms with van der Waals surface area (Å²) in [5.41, 5.74) is 0. The second kappa shape index (κ2) is 4.26. The molecule has 2 aromatic heterocycles. The first kappa shape index (κ1) is 11.2. The van der Waals surface area contributed by atoms with E-state index in [1.807, 2.05) is 0 Å². The summed E-state index contributed by atoms with van der Waals surface area (Å²) in [5, 5.41) is 0. The highest BCUT2D eigenvalue weighted by atomic mass is 79.9. The predicted molar refractivity (Wildman–Crippen MR) is 63.5 cm³/mol. The van der Waals surface area contributed by atoms with Crippen molar-refractivity contribution in [3.05, 3.63) is 41.3 Å². The summed E-state index contributed by atoms with van der Waals surface area (Å²) in [6, 6.07) is 4.76. The van der Waals surface area contributed by atoms with Crippen LogP contribution in [0.15, 0.2) is 46.2 Å². The Balaban J connectivity index is 2.25. The van der Waals surface area contributed by atoms with Crippen LogP contribution in [0.2, 0.25) is 0 Å². The van der Waals surface area contributed by atoms with Gasteiger partial charge >= 0.3 is 0 Å². The number of sulfonamides is 1. The molecular formula is C9H8BrN3O2S. The lowest BCUT2D eigenvalue weighted by Gasteiger charge is -2.04. The van der Waals surface area contributed by atoms with Crippen molar-refractivity contribution in [2.24, 2.45) is 0 Å². The Morgan fingerprint density at radius 3 is 2.69 bits per heavy atom. The molecule has 7 heteroatoms. The monoisotopic (exact) mass is 301 g/mol. The van der Waals surface area contributed by atoms with E-state index in [0.717, 1.165) is 4.47 Å². The third-order valence-electron chi connectivity index (χ3n) is 1.85. The molecule has 84 valence electrons. The topological polar surface area (TPSA) is 74.8 Å². The molecule has 2 rings (SSSR count). The molecule has 0 saturated carbocycles. The maximum absolute atomic E-state index is 11.8. The highest BCUT2D eigenvalue weighted by Gasteiger charge is 2.14. The highest BCUT2D eigenvalue weighted by Crippen LogP contribution is 2.15. The summed E-state index contributed by atoms with van der Waals surface area (Å²) < 4.78 is 26.7. The molecule has 0 radical (unpaired) electrons. The van der Waals surface area contributed by atoms with Crippen molar-refractivity contribution < 1.29 is 8.42 Å². The van der Waals surface area contributed by atoms with Crippen LogP contribution in [0.1, 0.15) is 0 Å². The molecule has 0 unspecified atom stereocenters. The summed E-state index contributed by atoms with van der Waals surface area (Å²) in [4.78, 5) is 6.79. The van der Waals surface area contributed by atoms with Gasteiger partial charge < -0.3 is 4.98 Å². The molecular weight excluding hydrogens is 294 g/mol. The maximum atomic E-state index is 11.8. The number of nitrogens with zero attached hydrogens (tertiary/aromatic N) is 1. The Morgan fingerprint density at radius 1 is 1.31 bits per heavy atom. The maximum Gasteiger partial charge on any atom is 0.264 e. The zero-order valence-corrected chi connectivity index (χ0v) is 10.4. The minimum atomic E-state index is -3.54. The van der Waals surface area contributed by atoms with Crippen LogP contribution in [0.4, 0.5) is 5.82 Å². The van der Waals surface area contributed by atoms with E-state index in [2.05, 4.69) is 30.6 Å². The van der Waals surface area contributed by atoms with E-state index in [1.54, 1.807) is 18.3 Å². The molecule has 0 spiro atoms. The molecule has 2 heterocycles. The third kappa shape index (κ3) is 2.42. The van der Waals surface area contributed by atoms with E-state index >= 15 is 0 Å². The minimum Gasteiger partial charge on any atom is -0.366 e. The lowest BCUT2D eigenvalue weighted by molar-refractivity contribution is 0.601. The van der Waals surface area contributed by atoms with E-state index in [0.29, 0.717) is 0 Å². The van der Waals surface area contributed by atoms with Crippen LogP contribution in [0.5, 0.6) is 0 Å². The summed E-state index contributed by atoms with van der Waals surface area (Å²) in [6.45, 7) is 0. The molecule has 0 saturated heterocycles. The van der Waals surface area contributed by atoms with Crippen LogP contribution in [0.25, 0.3) is 0 Å². The van der Waals surface area contributed by atoms with Crippen molar-refractivity contribution in [2.45, 2.75) is 4.90 Å². The highest BCUT2D eigenvalue weighted by molar-refractivity contribution is 9.10. The first-order chi connectivity index (χ1) is 7.58. The Hall–Kier alpha value is -1.34. The molecule has 16 heavy (non-hydrogen) atoms. The molecule has 0 aliphatic heterocycles. The summed E-state index contributed by atoms with van der Waals surface area (Å²) in [7, 11) is -3.54. The first-order valence-corrected chi connectivity index (χ1v) is 6.63. The molecule has 5 nitrogen and oxygen atoms in total. The van der Waals surface area contributed by atoms with Gasteiger partial charge in [0.1, 0.15) is 10.7 Å². The largest absolute Gasteiger partial charge is 0.366 e. The fourth-order valence-corrected chi connectivity index (χ4v) is 2.33. The van der Waals surface area contributed by atoms with Gasteiger partial charge in [0, 0.05) is 23.1 Å². The normalized spacial score (nSPS) is 11.3. The van der Waals surface area contributed by atoms with Crippen molar-refractivity contribution in [2.75, 3.05) is 4.72 Å². The fraction of sp³-hybridized carbons (Fsp3) is 0. The van der Waals surface area contributed by atoms with Crippen LogP contribution >= 0.6 is 15.9 Å². The zero-order valence-electron chi connectivity index (χ0n) is 8.01. The number of nitrogens with one attached hydrogen (secondary N) is 2. The van der Waals surface area contributed by atoms with Crippen molar-refractivity contribution in [1.82, 2.24) is 9.97 Å². The third-order valence-corrected chi connectivity index (χ3v) is 3.67. The number of H-pyrrole nitrogens is 1. The predicted octanol–water partition coefficient (Wildman–Crippen LogP) is 1.97. The Labute approximate surface area is 101 Å². The minimum absolute atomic E-state index is 0.178. The lowest BCUT2D eigenvalue weighted by Crippen LogP contribution is -2.12. The van der Waals surface area contributed by atoms with Crippen molar-refractivity contribution in [1.29, 1.82) is 0 Å². The molecule has 2 N–H and O–H groups in total.